The number of aromatic nitrogens is 1. The van der Waals surface area contributed by atoms with E-state index in [2.05, 4.69) is 4.99 Å². The van der Waals surface area contributed by atoms with Crippen molar-refractivity contribution in [2.45, 2.75) is 19.1 Å². The Bertz CT molecular complexity index is 1470. The monoisotopic (exact) mass is 508 g/mol. The Morgan fingerprint density at radius 3 is 2.53 bits per heavy atom. The van der Waals surface area contributed by atoms with Crippen LogP contribution in [0, 0.1) is 0 Å². The lowest BCUT2D eigenvalue weighted by Gasteiger charge is -2.26. The van der Waals surface area contributed by atoms with E-state index in [1.807, 2.05) is 0 Å². The van der Waals surface area contributed by atoms with Crippen molar-refractivity contribution in [2.24, 2.45) is 4.99 Å². The van der Waals surface area contributed by atoms with Crippen molar-refractivity contribution in [3.05, 3.63) is 95.6 Å². The maximum absolute atomic E-state index is 14.0. The summed E-state index contributed by atoms with van der Waals surface area (Å²) in [6.45, 7) is 1.29. The summed E-state index contributed by atoms with van der Waals surface area (Å²) in [5, 5.41) is 10.4. The number of carbonyl (C=O) groups is 1. The smallest absolute Gasteiger partial charge is 0.434 e. The second-order valence-corrected chi connectivity index (χ2v) is 8.62. The molecule has 2 heterocycles. The van der Waals surface area contributed by atoms with Crippen LogP contribution < -0.4 is 14.9 Å². The minimum atomic E-state index is -4.99. The molecule has 0 spiro atoms. The van der Waals surface area contributed by atoms with Crippen molar-refractivity contribution in [1.29, 1.82) is 0 Å². The van der Waals surface area contributed by atoms with Gasteiger partial charge in [-0.05, 0) is 36.8 Å². The number of fused-ring (bicyclic) bond motifs is 1. The number of carbonyl (C=O) groups excluding carboxylic acids is 1. The molecule has 2 aromatic carbocycles. The number of thiazole rings is 1. The number of phenols is 1. The zero-order chi connectivity index (χ0) is 24.6. The van der Waals surface area contributed by atoms with E-state index in [1.165, 1.54) is 43.3 Å². The Morgan fingerprint density at radius 2 is 1.91 bits per heavy atom. The summed E-state index contributed by atoms with van der Waals surface area (Å²) in [4.78, 5) is 29.6. The maximum atomic E-state index is 14.0. The Labute approximate surface area is 199 Å². The van der Waals surface area contributed by atoms with Crippen LogP contribution in [0.1, 0.15) is 24.1 Å². The number of para-hydroxylation sites is 1. The van der Waals surface area contributed by atoms with Gasteiger partial charge < -0.3 is 9.84 Å². The third kappa shape index (κ3) is 4.38. The van der Waals surface area contributed by atoms with Gasteiger partial charge in [-0.2, -0.15) is 13.2 Å². The topological polar surface area (TPSA) is 80.9 Å². The van der Waals surface area contributed by atoms with Crippen LogP contribution in [0.15, 0.2) is 69.6 Å². The SMILES string of the molecule is CCOC(=O)C1=C(C(F)(F)F)N=c2s/c(=C/c3ccccc3O)c(=O)n2[C@@H]1c1ccc(Cl)cc1. The molecular formula is C23H16ClF3N2O4S. The molecule has 1 aliphatic heterocycles. The first-order chi connectivity index (χ1) is 16.1. The number of esters is 1. The molecule has 0 saturated heterocycles. The van der Waals surface area contributed by atoms with E-state index in [4.69, 9.17) is 16.3 Å². The highest BCUT2D eigenvalue weighted by Crippen LogP contribution is 2.38. The van der Waals surface area contributed by atoms with E-state index in [9.17, 15) is 27.9 Å². The lowest BCUT2D eigenvalue weighted by atomic mass is 9.95. The zero-order valence-corrected chi connectivity index (χ0v) is 19.0. The Balaban J connectivity index is 2.07. The van der Waals surface area contributed by atoms with Crippen LogP contribution in [0.4, 0.5) is 13.2 Å². The Morgan fingerprint density at radius 1 is 1.24 bits per heavy atom. The number of hydrogen-bond donors (Lipinski definition) is 1. The molecule has 0 aliphatic carbocycles. The number of allylic oxidation sites excluding steroid dienone is 1. The number of ether oxygens (including phenoxy) is 1. The molecule has 1 aliphatic rings. The van der Waals surface area contributed by atoms with Gasteiger partial charge in [-0.15, -0.1) is 0 Å². The molecule has 11 heteroatoms. The van der Waals surface area contributed by atoms with Gasteiger partial charge in [0.2, 0.25) is 0 Å². The molecule has 0 radical (unpaired) electrons. The van der Waals surface area contributed by atoms with Gasteiger partial charge in [0.25, 0.3) is 5.56 Å². The summed E-state index contributed by atoms with van der Waals surface area (Å²) in [7, 11) is 0. The first kappa shape index (κ1) is 23.8. The molecule has 0 fully saturated rings. The molecule has 1 atom stereocenters. The molecule has 0 unspecified atom stereocenters. The van der Waals surface area contributed by atoms with E-state index in [1.54, 1.807) is 18.2 Å². The quantitative estimate of drug-likeness (QED) is 0.545. The fourth-order valence-electron chi connectivity index (χ4n) is 3.55. The number of halogens is 4. The normalized spacial score (nSPS) is 16.3. The first-order valence-electron chi connectivity index (χ1n) is 9.95. The largest absolute Gasteiger partial charge is 0.507 e. The summed E-state index contributed by atoms with van der Waals surface area (Å²) in [5.41, 5.74) is -2.37. The van der Waals surface area contributed by atoms with Crippen LogP contribution in [0.25, 0.3) is 6.08 Å². The lowest BCUT2D eigenvalue weighted by Crippen LogP contribution is -2.41. The number of aromatic hydroxyl groups is 1. The molecular weight excluding hydrogens is 493 g/mol. The van der Waals surface area contributed by atoms with Crippen LogP contribution in [0.3, 0.4) is 0 Å². The van der Waals surface area contributed by atoms with E-state index in [0.29, 0.717) is 10.6 Å². The predicted octanol–water partition coefficient (Wildman–Crippen LogP) is 3.70. The van der Waals surface area contributed by atoms with Crippen LogP contribution in [-0.4, -0.2) is 28.4 Å². The highest BCUT2D eigenvalue weighted by molar-refractivity contribution is 7.07. The average molecular weight is 509 g/mol. The maximum Gasteiger partial charge on any atom is 0.434 e. The molecule has 6 nitrogen and oxygen atoms in total. The van der Waals surface area contributed by atoms with Gasteiger partial charge >= 0.3 is 12.1 Å². The van der Waals surface area contributed by atoms with Crippen molar-refractivity contribution < 1.29 is 27.8 Å². The number of phenolic OH excluding ortho intramolecular Hbond substituents is 1. The highest BCUT2D eigenvalue weighted by atomic mass is 35.5. The number of hydrogen-bond acceptors (Lipinski definition) is 6. The van der Waals surface area contributed by atoms with Gasteiger partial charge in [0.05, 0.1) is 22.8 Å². The van der Waals surface area contributed by atoms with Gasteiger partial charge in [-0.25, -0.2) is 9.79 Å². The lowest BCUT2D eigenvalue weighted by molar-refractivity contribution is -0.140. The molecule has 0 bridgehead atoms. The third-order valence-corrected chi connectivity index (χ3v) is 6.24. The fraction of sp³-hybridized carbons (Fsp3) is 0.174. The molecule has 34 heavy (non-hydrogen) atoms. The summed E-state index contributed by atoms with van der Waals surface area (Å²) in [5.74, 6) is -1.33. The molecule has 4 rings (SSSR count). The zero-order valence-electron chi connectivity index (χ0n) is 17.5. The second kappa shape index (κ2) is 9.11. The molecule has 0 amide bonds. The minimum absolute atomic E-state index is 0.0332. The van der Waals surface area contributed by atoms with Gasteiger partial charge in [0.15, 0.2) is 10.5 Å². The summed E-state index contributed by atoms with van der Waals surface area (Å²) in [6.07, 6.45) is -3.63. The van der Waals surface area contributed by atoms with E-state index >= 15 is 0 Å². The van der Waals surface area contributed by atoms with Gasteiger partial charge in [0.1, 0.15) is 5.75 Å². The van der Waals surface area contributed by atoms with E-state index in [-0.39, 0.29) is 27.3 Å². The summed E-state index contributed by atoms with van der Waals surface area (Å²) in [6, 6.07) is 10.5. The predicted molar refractivity (Wildman–Crippen MR) is 120 cm³/mol. The van der Waals surface area contributed by atoms with Crippen molar-refractivity contribution >= 4 is 35.0 Å². The average Bonchev–Trinajstić information content (AvgIpc) is 3.09. The minimum Gasteiger partial charge on any atom is -0.507 e. The third-order valence-electron chi connectivity index (χ3n) is 5.00. The molecule has 1 aromatic heterocycles. The van der Waals surface area contributed by atoms with Crippen molar-refractivity contribution in [3.8, 4) is 5.75 Å². The van der Waals surface area contributed by atoms with Gasteiger partial charge in [-0.1, -0.05) is 53.3 Å². The summed E-state index contributed by atoms with van der Waals surface area (Å²) < 4.78 is 48.1. The molecule has 0 saturated carbocycles. The number of alkyl halides is 3. The van der Waals surface area contributed by atoms with Crippen LogP contribution in [0.2, 0.25) is 5.02 Å². The Hall–Kier alpha value is -3.37. The van der Waals surface area contributed by atoms with Gasteiger partial charge in [0, 0.05) is 10.6 Å². The standard InChI is InChI=1S/C23H16ClF3N2O4S/c1-2-33-21(32)17-18(12-7-9-14(24)10-8-12)29-20(31)16(11-13-5-3-4-6-15(13)30)34-22(29)28-19(17)23(25,26)27/h3-11,18,30H,2H2,1H3/b16-11+/t18-/m1/s1. The number of nitrogens with zero attached hydrogens (tertiary/aromatic N) is 2. The van der Waals surface area contributed by atoms with Gasteiger partial charge in [-0.3, -0.25) is 9.36 Å². The van der Waals surface area contributed by atoms with Crippen LogP contribution >= 0.6 is 22.9 Å². The fourth-order valence-corrected chi connectivity index (χ4v) is 4.67. The Kier molecular flexibility index (Phi) is 6.37. The number of benzene rings is 2. The van der Waals surface area contributed by atoms with Crippen molar-refractivity contribution in [3.63, 3.8) is 0 Å². The summed E-state index contributed by atoms with van der Waals surface area (Å²) >= 11 is 6.66. The second-order valence-electron chi connectivity index (χ2n) is 7.17. The molecule has 176 valence electrons. The van der Waals surface area contributed by atoms with Crippen molar-refractivity contribution in [2.75, 3.05) is 6.61 Å². The van der Waals surface area contributed by atoms with E-state index < -0.39 is 35.0 Å². The number of rotatable bonds is 4. The first-order valence-corrected chi connectivity index (χ1v) is 11.1. The molecule has 1 N–H and O–H groups in total. The van der Waals surface area contributed by atoms with Crippen molar-refractivity contribution in [1.82, 2.24) is 4.57 Å². The van der Waals surface area contributed by atoms with Crippen LogP contribution in [0.5, 0.6) is 5.75 Å². The molecule has 3 aromatic rings. The van der Waals surface area contributed by atoms with E-state index in [0.717, 1.165) is 15.9 Å². The highest BCUT2D eigenvalue weighted by Gasteiger charge is 2.45. The van der Waals surface area contributed by atoms with Crippen LogP contribution in [-0.2, 0) is 9.53 Å².